The number of alkyl halides is 1. The molecule has 1 fully saturated rings. The van der Waals surface area contributed by atoms with Crippen molar-refractivity contribution in [3.05, 3.63) is 0 Å². The van der Waals surface area contributed by atoms with Crippen LogP contribution in [0.5, 0.6) is 0 Å². The van der Waals surface area contributed by atoms with Crippen LogP contribution in [0, 0.1) is 5.92 Å². The van der Waals surface area contributed by atoms with E-state index in [9.17, 15) is 0 Å². The summed E-state index contributed by atoms with van der Waals surface area (Å²) in [4.78, 5) is 0. The molecule has 0 radical (unpaired) electrons. The Hall–Kier alpha value is 0.210. The maximum atomic E-state index is 5.81. The minimum Gasteiger partial charge on any atom is -0.378 e. The van der Waals surface area contributed by atoms with Crippen molar-refractivity contribution in [1.82, 2.24) is 5.32 Å². The van der Waals surface area contributed by atoms with Crippen molar-refractivity contribution >= 4 is 11.6 Å². The second kappa shape index (κ2) is 10.2. The Balaban J connectivity index is 1.93. The third kappa shape index (κ3) is 7.28. The van der Waals surface area contributed by atoms with Crippen LogP contribution in [0.1, 0.15) is 51.9 Å². The molecule has 0 amide bonds. The lowest BCUT2D eigenvalue weighted by Crippen LogP contribution is -2.25. The largest absolute Gasteiger partial charge is 0.378 e. The lowest BCUT2D eigenvalue weighted by atomic mass is 10.0. The van der Waals surface area contributed by atoms with Gasteiger partial charge in [0.15, 0.2) is 0 Å². The fourth-order valence-electron chi connectivity index (χ4n) is 2.54. The second-order valence-corrected chi connectivity index (χ2v) is 5.49. The quantitative estimate of drug-likeness (QED) is 0.479. The molecule has 0 saturated carbocycles. The highest BCUT2D eigenvalue weighted by Crippen LogP contribution is 2.16. The fraction of sp³-hybridized carbons (Fsp3) is 1.00. The van der Waals surface area contributed by atoms with E-state index in [1.165, 1.54) is 38.5 Å². The topological polar surface area (TPSA) is 21.3 Å². The molecule has 0 aromatic carbocycles. The summed E-state index contributed by atoms with van der Waals surface area (Å²) in [7, 11) is 0. The summed E-state index contributed by atoms with van der Waals surface area (Å²) in [5.74, 6) is 1.56. The zero-order chi connectivity index (χ0) is 12.3. The molecule has 0 bridgehead atoms. The van der Waals surface area contributed by atoms with Gasteiger partial charge < -0.3 is 10.1 Å². The fourth-order valence-corrected chi connectivity index (χ4v) is 2.85. The molecule has 0 spiro atoms. The van der Waals surface area contributed by atoms with Crippen LogP contribution >= 0.6 is 11.6 Å². The molecular formula is C14H28ClNO. The van der Waals surface area contributed by atoms with Gasteiger partial charge in [-0.3, -0.25) is 0 Å². The van der Waals surface area contributed by atoms with E-state index in [-0.39, 0.29) is 0 Å². The predicted molar refractivity (Wildman–Crippen MR) is 74.8 cm³/mol. The number of hydrogen-bond acceptors (Lipinski definition) is 2. The summed E-state index contributed by atoms with van der Waals surface area (Å²) in [6.45, 7) is 5.49. The predicted octanol–water partition coefficient (Wildman–Crippen LogP) is 3.58. The summed E-state index contributed by atoms with van der Waals surface area (Å²) in [6.07, 6.45) is 9.24. The number of rotatable bonds is 10. The minimum absolute atomic E-state index is 0.547. The van der Waals surface area contributed by atoms with Crippen LogP contribution < -0.4 is 5.32 Å². The van der Waals surface area contributed by atoms with Crippen LogP contribution in [0.2, 0.25) is 0 Å². The molecule has 1 heterocycles. The van der Waals surface area contributed by atoms with Gasteiger partial charge in [0.25, 0.3) is 0 Å². The van der Waals surface area contributed by atoms with E-state index >= 15 is 0 Å². The highest BCUT2D eigenvalue weighted by atomic mass is 35.5. The second-order valence-electron chi connectivity index (χ2n) is 5.11. The Morgan fingerprint density at radius 1 is 1.41 bits per heavy atom. The van der Waals surface area contributed by atoms with Crippen LogP contribution in [0.3, 0.4) is 0 Å². The molecule has 1 rings (SSSR count). The summed E-state index contributed by atoms with van der Waals surface area (Å²) >= 11 is 5.81. The molecule has 0 aliphatic carbocycles. The van der Waals surface area contributed by atoms with E-state index in [4.69, 9.17) is 16.3 Å². The first-order chi connectivity index (χ1) is 8.36. The average molecular weight is 262 g/mol. The Bertz CT molecular complexity index is 166. The summed E-state index contributed by atoms with van der Waals surface area (Å²) in [5.41, 5.74) is 0. The smallest absolute Gasteiger partial charge is 0.0576 e. The maximum Gasteiger partial charge on any atom is 0.0576 e. The van der Waals surface area contributed by atoms with Crippen molar-refractivity contribution in [2.24, 2.45) is 5.92 Å². The van der Waals surface area contributed by atoms with Crippen molar-refractivity contribution in [2.45, 2.75) is 58.0 Å². The van der Waals surface area contributed by atoms with Gasteiger partial charge in [-0.15, -0.1) is 11.6 Å². The van der Waals surface area contributed by atoms with Gasteiger partial charge in [0, 0.05) is 12.5 Å². The van der Waals surface area contributed by atoms with E-state index in [1.807, 2.05) is 0 Å². The third-order valence-corrected chi connectivity index (χ3v) is 3.77. The summed E-state index contributed by atoms with van der Waals surface area (Å²) in [6, 6.07) is 0. The number of ether oxygens (including phenoxy) is 1. The first kappa shape index (κ1) is 15.3. The maximum absolute atomic E-state index is 5.81. The Morgan fingerprint density at radius 2 is 2.29 bits per heavy atom. The van der Waals surface area contributed by atoms with Gasteiger partial charge in [-0.05, 0) is 57.5 Å². The molecule has 1 aliphatic heterocycles. The van der Waals surface area contributed by atoms with Crippen molar-refractivity contribution in [1.29, 1.82) is 0 Å². The number of nitrogens with one attached hydrogen (secondary N) is 1. The molecule has 0 aromatic rings. The van der Waals surface area contributed by atoms with Crippen LogP contribution in [0.15, 0.2) is 0 Å². The molecule has 1 aliphatic rings. The van der Waals surface area contributed by atoms with Gasteiger partial charge in [0.1, 0.15) is 0 Å². The zero-order valence-corrected chi connectivity index (χ0v) is 12.0. The molecule has 17 heavy (non-hydrogen) atoms. The van der Waals surface area contributed by atoms with Crippen molar-refractivity contribution in [2.75, 3.05) is 25.6 Å². The van der Waals surface area contributed by atoms with E-state index in [0.29, 0.717) is 6.10 Å². The molecule has 1 saturated heterocycles. The zero-order valence-electron chi connectivity index (χ0n) is 11.2. The number of hydrogen-bond donors (Lipinski definition) is 1. The van der Waals surface area contributed by atoms with Gasteiger partial charge in [-0.2, -0.15) is 0 Å². The van der Waals surface area contributed by atoms with Gasteiger partial charge >= 0.3 is 0 Å². The van der Waals surface area contributed by atoms with Crippen LogP contribution in [0.25, 0.3) is 0 Å². The molecule has 2 atom stereocenters. The van der Waals surface area contributed by atoms with E-state index in [1.54, 1.807) is 0 Å². The monoisotopic (exact) mass is 261 g/mol. The molecular weight excluding hydrogens is 234 g/mol. The third-order valence-electron chi connectivity index (χ3n) is 3.55. The van der Waals surface area contributed by atoms with Crippen molar-refractivity contribution in [3.63, 3.8) is 0 Å². The first-order valence-electron chi connectivity index (χ1n) is 7.25. The van der Waals surface area contributed by atoms with Crippen LogP contribution in [-0.4, -0.2) is 31.7 Å². The molecule has 3 heteroatoms. The Labute approximate surface area is 111 Å². The summed E-state index contributed by atoms with van der Waals surface area (Å²) < 4.78 is 5.61. The molecule has 1 N–H and O–H groups in total. The first-order valence-corrected chi connectivity index (χ1v) is 7.78. The van der Waals surface area contributed by atoms with Crippen LogP contribution in [-0.2, 0) is 4.74 Å². The Kier molecular flexibility index (Phi) is 9.13. The van der Waals surface area contributed by atoms with Crippen molar-refractivity contribution in [3.8, 4) is 0 Å². The van der Waals surface area contributed by atoms with E-state index in [0.717, 1.165) is 37.9 Å². The summed E-state index contributed by atoms with van der Waals surface area (Å²) in [5, 5.41) is 3.56. The number of halogens is 1. The van der Waals surface area contributed by atoms with Gasteiger partial charge in [-0.1, -0.05) is 13.3 Å². The Morgan fingerprint density at radius 3 is 2.94 bits per heavy atom. The SMILES string of the molecule is CCCC(CCCl)CNCCCC1CCCO1. The van der Waals surface area contributed by atoms with Gasteiger partial charge in [0.05, 0.1) is 6.10 Å². The van der Waals surface area contributed by atoms with Gasteiger partial charge in [-0.25, -0.2) is 0 Å². The van der Waals surface area contributed by atoms with Gasteiger partial charge in [0.2, 0.25) is 0 Å². The minimum atomic E-state index is 0.547. The standard InChI is InChI=1S/C14H28ClNO/c1-2-5-13(8-9-15)12-16-10-3-6-14-7-4-11-17-14/h13-14,16H,2-12H2,1H3. The highest BCUT2D eigenvalue weighted by Gasteiger charge is 2.14. The average Bonchev–Trinajstić information content (AvgIpc) is 2.82. The lowest BCUT2D eigenvalue weighted by molar-refractivity contribution is 0.102. The normalized spacial score (nSPS) is 21.9. The molecule has 2 nitrogen and oxygen atoms in total. The van der Waals surface area contributed by atoms with Crippen LogP contribution in [0.4, 0.5) is 0 Å². The van der Waals surface area contributed by atoms with E-state index in [2.05, 4.69) is 12.2 Å². The molecule has 2 unspecified atom stereocenters. The highest BCUT2D eigenvalue weighted by molar-refractivity contribution is 6.17. The van der Waals surface area contributed by atoms with Crippen molar-refractivity contribution < 1.29 is 4.74 Å². The lowest BCUT2D eigenvalue weighted by Gasteiger charge is -2.16. The molecule has 102 valence electrons. The van der Waals surface area contributed by atoms with E-state index < -0.39 is 0 Å². The molecule has 0 aromatic heterocycles.